The minimum atomic E-state index is -0.290. The van der Waals surface area contributed by atoms with Gasteiger partial charge in [0.05, 0.1) is 22.6 Å². The number of halogens is 1. The molecule has 0 amide bonds. The zero-order valence-electron chi connectivity index (χ0n) is 17.9. The Morgan fingerprint density at radius 3 is 2.71 bits per heavy atom. The number of aromatic nitrogens is 3. The summed E-state index contributed by atoms with van der Waals surface area (Å²) in [5.74, 6) is 0.152. The first-order chi connectivity index (χ1) is 14.9. The SMILES string of the molecule is CN(C)CCN(C)c1ccc(Nc2nccc(-c3c[nH]c4c(F)cccc34)n2)cc1N. The second-order valence-corrected chi connectivity index (χ2v) is 7.75. The summed E-state index contributed by atoms with van der Waals surface area (Å²) in [6, 6.07) is 12.6. The molecule has 0 spiro atoms. The van der Waals surface area contributed by atoms with Crippen LogP contribution in [0.5, 0.6) is 0 Å². The molecule has 8 heteroatoms. The third-order valence-electron chi connectivity index (χ3n) is 5.17. The Bertz CT molecular complexity index is 1200. The Balaban J connectivity index is 1.55. The number of aromatic amines is 1. The van der Waals surface area contributed by atoms with E-state index in [1.165, 1.54) is 6.07 Å². The molecule has 0 aliphatic rings. The molecule has 0 atom stereocenters. The van der Waals surface area contributed by atoms with Crippen molar-refractivity contribution in [2.45, 2.75) is 0 Å². The van der Waals surface area contributed by atoms with Crippen LogP contribution in [0.2, 0.25) is 0 Å². The Morgan fingerprint density at radius 1 is 1.10 bits per heavy atom. The van der Waals surface area contributed by atoms with Gasteiger partial charge in [-0.05, 0) is 44.4 Å². The third kappa shape index (κ3) is 4.44. The van der Waals surface area contributed by atoms with Crippen LogP contribution in [0.1, 0.15) is 0 Å². The maximum absolute atomic E-state index is 14.0. The van der Waals surface area contributed by atoms with Gasteiger partial charge in [0, 0.05) is 49.2 Å². The van der Waals surface area contributed by atoms with E-state index in [2.05, 4.69) is 30.1 Å². The van der Waals surface area contributed by atoms with Gasteiger partial charge in [0.2, 0.25) is 5.95 Å². The van der Waals surface area contributed by atoms with Crippen molar-refractivity contribution in [1.29, 1.82) is 0 Å². The first-order valence-corrected chi connectivity index (χ1v) is 10.0. The van der Waals surface area contributed by atoms with Crippen LogP contribution in [-0.4, -0.2) is 54.1 Å². The number of hydrogen-bond acceptors (Lipinski definition) is 6. The van der Waals surface area contributed by atoms with Gasteiger partial charge in [0.1, 0.15) is 5.82 Å². The number of nitrogen functional groups attached to an aromatic ring is 1. The van der Waals surface area contributed by atoms with Crippen molar-refractivity contribution >= 4 is 33.9 Å². The second-order valence-electron chi connectivity index (χ2n) is 7.75. The summed E-state index contributed by atoms with van der Waals surface area (Å²) in [5.41, 5.74) is 10.7. The zero-order valence-corrected chi connectivity index (χ0v) is 17.9. The molecule has 2 aromatic carbocycles. The molecule has 2 heterocycles. The predicted molar refractivity (Wildman–Crippen MR) is 125 cm³/mol. The van der Waals surface area contributed by atoms with Gasteiger partial charge in [-0.2, -0.15) is 0 Å². The van der Waals surface area contributed by atoms with Crippen LogP contribution < -0.4 is 16.0 Å². The highest BCUT2D eigenvalue weighted by molar-refractivity contribution is 5.95. The van der Waals surface area contributed by atoms with E-state index in [1.54, 1.807) is 24.5 Å². The number of H-pyrrole nitrogens is 1. The van der Waals surface area contributed by atoms with Crippen LogP contribution in [0.3, 0.4) is 0 Å². The van der Waals surface area contributed by atoms with Gasteiger partial charge in [0.15, 0.2) is 0 Å². The van der Waals surface area contributed by atoms with Crippen LogP contribution in [0.4, 0.5) is 27.4 Å². The Morgan fingerprint density at radius 2 is 1.94 bits per heavy atom. The largest absolute Gasteiger partial charge is 0.397 e. The number of nitrogens with zero attached hydrogens (tertiary/aromatic N) is 4. The van der Waals surface area contributed by atoms with Crippen LogP contribution >= 0.6 is 0 Å². The summed E-state index contributed by atoms with van der Waals surface area (Å²) in [5, 5.41) is 3.99. The van der Waals surface area contributed by atoms with Crippen LogP contribution in [0.15, 0.2) is 54.9 Å². The summed E-state index contributed by atoms with van der Waals surface area (Å²) in [7, 11) is 6.12. The Hall–Kier alpha value is -3.65. The number of anilines is 4. The molecule has 0 aliphatic carbocycles. The highest BCUT2D eigenvalue weighted by Gasteiger charge is 2.12. The zero-order chi connectivity index (χ0) is 22.0. The van der Waals surface area contributed by atoms with Crippen molar-refractivity contribution in [1.82, 2.24) is 19.9 Å². The molecule has 0 bridgehead atoms. The molecular weight excluding hydrogens is 393 g/mol. The maximum Gasteiger partial charge on any atom is 0.227 e. The van der Waals surface area contributed by atoms with Crippen molar-refractivity contribution in [2.75, 3.05) is 50.2 Å². The van der Waals surface area contributed by atoms with E-state index >= 15 is 0 Å². The Labute approximate surface area is 180 Å². The molecule has 0 saturated heterocycles. The first kappa shape index (κ1) is 20.6. The molecule has 0 saturated carbocycles. The molecule has 4 aromatic rings. The van der Waals surface area contributed by atoms with E-state index in [4.69, 9.17) is 5.73 Å². The summed E-state index contributed by atoms with van der Waals surface area (Å²) in [6.07, 6.45) is 3.44. The number of hydrogen-bond donors (Lipinski definition) is 3. The molecule has 31 heavy (non-hydrogen) atoms. The summed E-state index contributed by atoms with van der Waals surface area (Å²) in [6.45, 7) is 1.81. The quantitative estimate of drug-likeness (QED) is 0.391. The van der Waals surface area contributed by atoms with Crippen molar-refractivity contribution in [3.63, 3.8) is 0 Å². The van der Waals surface area contributed by atoms with Gasteiger partial charge in [-0.1, -0.05) is 12.1 Å². The minimum Gasteiger partial charge on any atom is -0.397 e. The highest BCUT2D eigenvalue weighted by Crippen LogP contribution is 2.30. The lowest BCUT2D eigenvalue weighted by Crippen LogP contribution is -2.28. The van der Waals surface area contributed by atoms with Crippen molar-refractivity contribution in [3.8, 4) is 11.3 Å². The standard InChI is InChI=1S/C23H26FN7/c1-30(2)11-12-31(3)21-8-7-15(13-19(21)25)28-23-26-10-9-20(29-23)17-14-27-22-16(17)5-4-6-18(22)24/h4-10,13-14,27H,11-12,25H2,1-3H3,(H,26,28,29). The maximum atomic E-state index is 14.0. The van der Waals surface area contributed by atoms with E-state index in [1.807, 2.05) is 45.4 Å². The number of fused-ring (bicyclic) bond motifs is 1. The molecule has 0 radical (unpaired) electrons. The molecule has 160 valence electrons. The summed E-state index contributed by atoms with van der Waals surface area (Å²) >= 11 is 0. The molecular formula is C23H26FN7. The van der Waals surface area contributed by atoms with Gasteiger partial charge >= 0.3 is 0 Å². The molecule has 0 unspecified atom stereocenters. The van der Waals surface area contributed by atoms with Gasteiger partial charge in [-0.25, -0.2) is 14.4 Å². The number of likely N-dealkylation sites (N-methyl/N-ethyl adjacent to an activating group) is 2. The van der Waals surface area contributed by atoms with Crippen LogP contribution in [0, 0.1) is 5.82 Å². The number of nitrogens with one attached hydrogen (secondary N) is 2. The highest BCUT2D eigenvalue weighted by atomic mass is 19.1. The molecule has 4 N–H and O–H groups in total. The lowest BCUT2D eigenvalue weighted by molar-refractivity contribution is 0.416. The molecule has 0 fully saturated rings. The van der Waals surface area contributed by atoms with Crippen molar-refractivity contribution in [3.05, 3.63) is 60.7 Å². The van der Waals surface area contributed by atoms with Crippen LogP contribution in [0.25, 0.3) is 22.2 Å². The van der Waals surface area contributed by atoms with Gasteiger partial charge in [-0.3, -0.25) is 0 Å². The monoisotopic (exact) mass is 419 g/mol. The number of nitrogens with two attached hydrogens (primary N) is 1. The molecule has 0 aliphatic heterocycles. The number of rotatable bonds is 7. The average Bonchev–Trinajstić information content (AvgIpc) is 3.18. The summed E-state index contributed by atoms with van der Waals surface area (Å²) in [4.78, 5) is 16.2. The minimum absolute atomic E-state index is 0.290. The fourth-order valence-electron chi connectivity index (χ4n) is 3.48. The fourth-order valence-corrected chi connectivity index (χ4v) is 3.48. The lowest BCUT2D eigenvalue weighted by atomic mass is 10.1. The number of para-hydroxylation sites is 1. The predicted octanol–water partition coefficient (Wildman–Crippen LogP) is 4.09. The molecule has 4 rings (SSSR count). The van der Waals surface area contributed by atoms with Crippen LogP contribution in [-0.2, 0) is 0 Å². The van der Waals surface area contributed by atoms with Gasteiger partial charge in [-0.15, -0.1) is 0 Å². The smallest absolute Gasteiger partial charge is 0.227 e. The lowest BCUT2D eigenvalue weighted by Gasteiger charge is -2.23. The average molecular weight is 420 g/mol. The van der Waals surface area contributed by atoms with E-state index in [0.717, 1.165) is 35.4 Å². The topological polar surface area (TPSA) is 86.1 Å². The van der Waals surface area contributed by atoms with Gasteiger partial charge < -0.3 is 25.8 Å². The number of benzene rings is 2. The molecule has 2 aromatic heterocycles. The second kappa shape index (κ2) is 8.61. The first-order valence-electron chi connectivity index (χ1n) is 10.0. The fraction of sp³-hybridized carbons (Fsp3) is 0.217. The van der Waals surface area contributed by atoms with E-state index in [-0.39, 0.29) is 5.82 Å². The summed E-state index contributed by atoms with van der Waals surface area (Å²) < 4.78 is 14.0. The van der Waals surface area contributed by atoms with E-state index in [9.17, 15) is 4.39 Å². The Kier molecular flexibility index (Phi) is 5.73. The third-order valence-corrected chi connectivity index (χ3v) is 5.17. The van der Waals surface area contributed by atoms with Crippen molar-refractivity contribution < 1.29 is 4.39 Å². The normalized spacial score (nSPS) is 11.3. The van der Waals surface area contributed by atoms with Gasteiger partial charge in [0.25, 0.3) is 0 Å². The van der Waals surface area contributed by atoms with E-state index in [0.29, 0.717) is 22.8 Å². The van der Waals surface area contributed by atoms with Crippen molar-refractivity contribution in [2.24, 2.45) is 0 Å². The molecule has 7 nitrogen and oxygen atoms in total. The van der Waals surface area contributed by atoms with E-state index < -0.39 is 0 Å².